The standard InChI is InChI=1S/C14H14BrNO2/c1-2-4-16-9-13(17)8-11-7-12(15)6-10-3-5-18-14(10)11/h1,6-7,16H,3-5,8-9H2. The van der Waals surface area contributed by atoms with E-state index in [9.17, 15) is 4.79 Å². The van der Waals surface area contributed by atoms with Crippen LogP contribution in [0.5, 0.6) is 5.75 Å². The van der Waals surface area contributed by atoms with Gasteiger partial charge in [-0.05, 0) is 17.7 Å². The second-order valence-corrected chi connectivity index (χ2v) is 5.09. The minimum Gasteiger partial charge on any atom is -0.493 e. The number of halogens is 1. The second-order valence-electron chi connectivity index (χ2n) is 4.17. The highest BCUT2D eigenvalue weighted by Crippen LogP contribution is 2.33. The van der Waals surface area contributed by atoms with Gasteiger partial charge in [0, 0.05) is 22.9 Å². The predicted octanol–water partition coefficient (Wildman–Crippen LogP) is 1.72. The number of carbonyl (C=O) groups excluding carboxylic acids is 1. The van der Waals surface area contributed by atoms with Gasteiger partial charge in [0.1, 0.15) is 5.75 Å². The number of fused-ring (bicyclic) bond motifs is 1. The molecule has 0 unspecified atom stereocenters. The maximum atomic E-state index is 11.8. The number of ketones is 1. The summed E-state index contributed by atoms with van der Waals surface area (Å²) in [7, 11) is 0. The summed E-state index contributed by atoms with van der Waals surface area (Å²) in [4.78, 5) is 11.8. The summed E-state index contributed by atoms with van der Waals surface area (Å²) in [6, 6.07) is 4.00. The van der Waals surface area contributed by atoms with Gasteiger partial charge in [0.25, 0.3) is 0 Å². The number of hydrogen-bond donors (Lipinski definition) is 1. The second kappa shape index (κ2) is 6.03. The van der Waals surface area contributed by atoms with Crippen LogP contribution in [0.2, 0.25) is 0 Å². The van der Waals surface area contributed by atoms with Crippen LogP contribution in [0.25, 0.3) is 0 Å². The third-order valence-electron chi connectivity index (χ3n) is 2.76. The quantitative estimate of drug-likeness (QED) is 0.665. The molecule has 1 aliphatic heterocycles. The van der Waals surface area contributed by atoms with Gasteiger partial charge in [-0.1, -0.05) is 21.9 Å². The number of rotatable bonds is 5. The van der Waals surface area contributed by atoms with E-state index >= 15 is 0 Å². The van der Waals surface area contributed by atoms with E-state index in [0.29, 0.717) is 26.1 Å². The first-order chi connectivity index (χ1) is 8.70. The minimum atomic E-state index is 0.112. The van der Waals surface area contributed by atoms with Crippen LogP contribution in [0.4, 0.5) is 0 Å². The van der Waals surface area contributed by atoms with E-state index in [0.717, 1.165) is 22.2 Å². The van der Waals surface area contributed by atoms with E-state index in [1.165, 1.54) is 5.56 Å². The first kappa shape index (κ1) is 13.1. The molecule has 0 saturated carbocycles. The molecule has 1 aliphatic rings. The SMILES string of the molecule is C#CCNCC(=O)Cc1cc(Br)cc2c1OCC2. The van der Waals surface area contributed by atoms with E-state index in [4.69, 9.17) is 11.2 Å². The molecule has 0 fully saturated rings. The lowest BCUT2D eigenvalue weighted by Gasteiger charge is -2.08. The summed E-state index contributed by atoms with van der Waals surface area (Å²) in [5.74, 6) is 3.43. The first-order valence-corrected chi connectivity index (χ1v) is 6.60. The Morgan fingerprint density at radius 3 is 3.17 bits per heavy atom. The number of terminal acetylenes is 1. The Bertz CT molecular complexity index is 505. The summed E-state index contributed by atoms with van der Waals surface area (Å²) in [5.41, 5.74) is 2.12. The Balaban J connectivity index is 2.06. The van der Waals surface area contributed by atoms with Crippen molar-refractivity contribution in [3.63, 3.8) is 0 Å². The number of benzene rings is 1. The van der Waals surface area contributed by atoms with Gasteiger partial charge in [-0.25, -0.2) is 0 Å². The lowest BCUT2D eigenvalue weighted by atomic mass is 10.0. The molecule has 0 aliphatic carbocycles. The molecule has 0 aromatic heterocycles. The molecule has 18 heavy (non-hydrogen) atoms. The fraction of sp³-hybridized carbons (Fsp3) is 0.357. The highest BCUT2D eigenvalue weighted by atomic mass is 79.9. The van der Waals surface area contributed by atoms with E-state index in [2.05, 4.69) is 27.2 Å². The monoisotopic (exact) mass is 307 g/mol. The fourth-order valence-electron chi connectivity index (χ4n) is 2.03. The molecule has 0 amide bonds. The summed E-state index contributed by atoms with van der Waals surface area (Å²) in [5, 5.41) is 2.90. The van der Waals surface area contributed by atoms with Gasteiger partial charge in [0.2, 0.25) is 0 Å². The molecule has 3 nitrogen and oxygen atoms in total. The molecule has 1 N–H and O–H groups in total. The van der Waals surface area contributed by atoms with Crippen LogP contribution in [0.15, 0.2) is 16.6 Å². The topological polar surface area (TPSA) is 38.3 Å². The van der Waals surface area contributed by atoms with Crippen LogP contribution in [0.1, 0.15) is 11.1 Å². The van der Waals surface area contributed by atoms with Crippen molar-refractivity contribution in [1.29, 1.82) is 0 Å². The molecule has 4 heteroatoms. The van der Waals surface area contributed by atoms with Crippen molar-refractivity contribution in [3.8, 4) is 18.1 Å². The molecule has 1 heterocycles. The Morgan fingerprint density at radius 1 is 1.56 bits per heavy atom. The van der Waals surface area contributed by atoms with E-state index in [-0.39, 0.29) is 5.78 Å². The largest absolute Gasteiger partial charge is 0.493 e. The van der Waals surface area contributed by atoms with E-state index < -0.39 is 0 Å². The first-order valence-electron chi connectivity index (χ1n) is 5.80. The molecule has 1 aromatic carbocycles. The Labute approximate surface area is 115 Å². The molecule has 2 rings (SSSR count). The molecule has 0 bridgehead atoms. The summed E-state index contributed by atoms with van der Waals surface area (Å²) in [6.45, 7) is 1.41. The number of carbonyl (C=O) groups is 1. The summed E-state index contributed by atoms with van der Waals surface area (Å²) >= 11 is 3.46. The number of Topliss-reactive ketones (excluding diaryl/α,β-unsaturated/α-hetero) is 1. The smallest absolute Gasteiger partial charge is 0.151 e. The molecule has 0 spiro atoms. The van der Waals surface area contributed by atoms with E-state index in [1.807, 2.05) is 12.1 Å². The van der Waals surface area contributed by atoms with Gasteiger partial charge >= 0.3 is 0 Å². The molecule has 0 saturated heterocycles. The van der Waals surface area contributed by atoms with Gasteiger partial charge in [0.05, 0.1) is 19.7 Å². The zero-order chi connectivity index (χ0) is 13.0. The number of nitrogens with one attached hydrogen (secondary N) is 1. The molecule has 94 valence electrons. The fourth-order valence-corrected chi connectivity index (χ4v) is 2.58. The lowest BCUT2D eigenvalue weighted by Crippen LogP contribution is -2.24. The third kappa shape index (κ3) is 3.12. The van der Waals surface area contributed by atoms with Crippen LogP contribution >= 0.6 is 15.9 Å². The van der Waals surface area contributed by atoms with Crippen molar-refractivity contribution >= 4 is 21.7 Å². The summed E-state index contributed by atoms with van der Waals surface area (Å²) in [6.07, 6.45) is 6.39. The molecular weight excluding hydrogens is 294 g/mol. The van der Waals surface area contributed by atoms with Crippen molar-refractivity contribution in [2.24, 2.45) is 0 Å². The van der Waals surface area contributed by atoms with Gasteiger partial charge in [-0.2, -0.15) is 0 Å². The van der Waals surface area contributed by atoms with Gasteiger partial charge in [0.15, 0.2) is 5.78 Å². The van der Waals surface area contributed by atoms with Crippen molar-refractivity contribution in [2.75, 3.05) is 19.7 Å². The Hall–Kier alpha value is -1.31. The number of hydrogen-bond acceptors (Lipinski definition) is 3. The maximum Gasteiger partial charge on any atom is 0.151 e. The molecule has 0 radical (unpaired) electrons. The van der Waals surface area contributed by atoms with Crippen molar-refractivity contribution < 1.29 is 9.53 Å². The van der Waals surface area contributed by atoms with Gasteiger partial charge in [-0.3, -0.25) is 10.1 Å². The third-order valence-corrected chi connectivity index (χ3v) is 3.22. The highest BCUT2D eigenvalue weighted by Gasteiger charge is 2.18. The van der Waals surface area contributed by atoms with Crippen LogP contribution < -0.4 is 10.1 Å². The molecular formula is C14H14BrNO2. The zero-order valence-electron chi connectivity index (χ0n) is 9.96. The normalized spacial score (nSPS) is 12.7. The van der Waals surface area contributed by atoms with Crippen LogP contribution in [-0.2, 0) is 17.6 Å². The number of ether oxygens (including phenoxy) is 1. The average molecular weight is 308 g/mol. The Morgan fingerprint density at radius 2 is 2.39 bits per heavy atom. The van der Waals surface area contributed by atoms with E-state index in [1.54, 1.807) is 0 Å². The average Bonchev–Trinajstić information content (AvgIpc) is 2.77. The van der Waals surface area contributed by atoms with Gasteiger partial charge in [-0.15, -0.1) is 6.42 Å². The molecule has 1 aromatic rings. The van der Waals surface area contributed by atoms with Crippen LogP contribution in [0.3, 0.4) is 0 Å². The minimum absolute atomic E-state index is 0.112. The van der Waals surface area contributed by atoms with Crippen molar-refractivity contribution in [3.05, 3.63) is 27.7 Å². The Kier molecular flexibility index (Phi) is 4.40. The molecule has 0 atom stereocenters. The maximum absolute atomic E-state index is 11.8. The van der Waals surface area contributed by atoms with Crippen LogP contribution in [-0.4, -0.2) is 25.5 Å². The zero-order valence-corrected chi connectivity index (χ0v) is 11.5. The highest BCUT2D eigenvalue weighted by molar-refractivity contribution is 9.10. The predicted molar refractivity (Wildman–Crippen MR) is 73.8 cm³/mol. The van der Waals surface area contributed by atoms with Crippen molar-refractivity contribution in [1.82, 2.24) is 5.32 Å². The van der Waals surface area contributed by atoms with Crippen molar-refractivity contribution in [2.45, 2.75) is 12.8 Å². The summed E-state index contributed by atoms with van der Waals surface area (Å²) < 4.78 is 6.58. The lowest BCUT2D eigenvalue weighted by molar-refractivity contribution is -0.117. The van der Waals surface area contributed by atoms with Gasteiger partial charge < -0.3 is 4.74 Å². The van der Waals surface area contributed by atoms with Crippen LogP contribution in [0, 0.1) is 12.3 Å².